The van der Waals surface area contributed by atoms with Gasteiger partial charge in [0.25, 0.3) is 0 Å². The lowest BCUT2D eigenvalue weighted by Crippen LogP contribution is -2.19. The van der Waals surface area contributed by atoms with E-state index in [0.717, 1.165) is 17.8 Å². The Bertz CT molecular complexity index is 546. The van der Waals surface area contributed by atoms with Gasteiger partial charge in [-0.15, -0.1) is 0 Å². The molecule has 1 aromatic carbocycles. The lowest BCUT2D eigenvalue weighted by atomic mass is 9.97. The van der Waals surface area contributed by atoms with Crippen molar-refractivity contribution in [3.8, 4) is 0 Å². The van der Waals surface area contributed by atoms with Crippen molar-refractivity contribution in [1.82, 2.24) is 15.3 Å². The Morgan fingerprint density at radius 3 is 2.55 bits per heavy atom. The summed E-state index contributed by atoms with van der Waals surface area (Å²) in [4.78, 5) is 8.83. The molecule has 3 heteroatoms. The number of nitrogens with one attached hydrogen (secondary N) is 1. The summed E-state index contributed by atoms with van der Waals surface area (Å²) in [5.74, 6) is 0.664. The van der Waals surface area contributed by atoms with Crippen LogP contribution in [-0.2, 0) is 6.42 Å². The number of nitrogens with zero attached hydrogens (tertiary/aromatic N) is 2. The fourth-order valence-corrected chi connectivity index (χ4v) is 2.41. The maximum Gasteiger partial charge on any atom is 0.0801 e. The summed E-state index contributed by atoms with van der Waals surface area (Å²) in [5.41, 5.74) is 4.51. The van der Waals surface area contributed by atoms with Gasteiger partial charge in [-0.25, -0.2) is 0 Å². The number of hydrogen-bond donors (Lipinski definition) is 1. The molecule has 0 saturated carbocycles. The lowest BCUT2D eigenvalue weighted by molar-refractivity contribution is 0.639. The van der Waals surface area contributed by atoms with Crippen LogP contribution in [0.1, 0.15) is 42.4 Å². The van der Waals surface area contributed by atoms with Crippen LogP contribution in [0.2, 0.25) is 0 Å². The van der Waals surface area contributed by atoms with Gasteiger partial charge in [-0.1, -0.05) is 38.1 Å². The van der Waals surface area contributed by atoms with E-state index in [-0.39, 0.29) is 6.04 Å². The van der Waals surface area contributed by atoms with E-state index in [1.54, 1.807) is 0 Å². The summed E-state index contributed by atoms with van der Waals surface area (Å²) in [6, 6.07) is 8.82. The maximum absolute atomic E-state index is 4.49. The van der Waals surface area contributed by atoms with Crippen LogP contribution in [-0.4, -0.2) is 17.0 Å². The minimum absolute atomic E-state index is 0.0928. The Kier molecular flexibility index (Phi) is 4.85. The van der Waals surface area contributed by atoms with Crippen molar-refractivity contribution in [3.05, 3.63) is 59.2 Å². The average molecular weight is 269 g/mol. The third-order valence-corrected chi connectivity index (χ3v) is 3.31. The predicted molar refractivity (Wildman–Crippen MR) is 82.7 cm³/mol. The van der Waals surface area contributed by atoms with Crippen molar-refractivity contribution in [2.24, 2.45) is 5.92 Å². The number of rotatable bonds is 5. The Hall–Kier alpha value is -1.74. The molecule has 1 atom stereocenters. The molecule has 3 nitrogen and oxygen atoms in total. The van der Waals surface area contributed by atoms with Crippen molar-refractivity contribution in [1.29, 1.82) is 0 Å². The molecule has 1 unspecified atom stereocenters. The average Bonchev–Trinajstić information content (AvgIpc) is 2.41. The molecule has 2 aromatic rings. The molecule has 2 rings (SSSR count). The minimum atomic E-state index is 0.0928. The van der Waals surface area contributed by atoms with Crippen LogP contribution >= 0.6 is 0 Å². The van der Waals surface area contributed by atoms with Gasteiger partial charge in [-0.05, 0) is 37.4 Å². The normalized spacial score (nSPS) is 12.7. The van der Waals surface area contributed by atoms with Crippen molar-refractivity contribution in [3.63, 3.8) is 0 Å². The molecule has 0 saturated heterocycles. The number of hydrogen-bond acceptors (Lipinski definition) is 3. The molecule has 0 radical (unpaired) electrons. The SMILES string of the molecule is CNC(c1cccc(CC(C)C)c1)c1cnc(C)cn1. The minimum Gasteiger partial charge on any atom is -0.308 e. The number of benzene rings is 1. The predicted octanol–water partition coefficient (Wildman–Crippen LogP) is 3.29. The van der Waals surface area contributed by atoms with Gasteiger partial charge in [0.1, 0.15) is 0 Å². The molecule has 0 aliphatic carbocycles. The summed E-state index contributed by atoms with van der Waals surface area (Å²) in [6.07, 6.45) is 4.77. The van der Waals surface area contributed by atoms with Crippen LogP contribution in [0.4, 0.5) is 0 Å². The number of aromatic nitrogens is 2. The van der Waals surface area contributed by atoms with Gasteiger partial charge in [0.05, 0.1) is 23.6 Å². The first-order valence-electron chi connectivity index (χ1n) is 7.14. The van der Waals surface area contributed by atoms with Crippen LogP contribution < -0.4 is 5.32 Å². The number of aryl methyl sites for hydroxylation is 1. The first kappa shape index (κ1) is 14.7. The van der Waals surface area contributed by atoms with Crippen LogP contribution in [0.5, 0.6) is 0 Å². The Balaban J connectivity index is 2.29. The molecule has 1 heterocycles. The fraction of sp³-hybridized carbons (Fsp3) is 0.412. The van der Waals surface area contributed by atoms with Gasteiger partial charge in [-0.2, -0.15) is 0 Å². The van der Waals surface area contributed by atoms with E-state index in [1.807, 2.05) is 26.4 Å². The lowest BCUT2D eigenvalue weighted by Gasteiger charge is -2.17. The second kappa shape index (κ2) is 6.62. The molecule has 0 amide bonds. The molecule has 0 aliphatic rings. The monoisotopic (exact) mass is 269 g/mol. The van der Waals surface area contributed by atoms with Gasteiger partial charge in [0.2, 0.25) is 0 Å². The molecule has 1 aromatic heterocycles. The van der Waals surface area contributed by atoms with Gasteiger partial charge in [0.15, 0.2) is 0 Å². The topological polar surface area (TPSA) is 37.8 Å². The van der Waals surface area contributed by atoms with E-state index >= 15 is 0 Å². The fourth-order valence-electron chi connectivity index (χ4n) is 2.41. The van der Waals surface area contributed by atoms with Gasteiger partial charge in [0, 0.05) is 6.20 Å². The molecule has 0 spiro atoms. The van der Waals surface area contributed by atoms with Crippen molar-refractivity contribution in [2.45, 2.75) is 33.2 Å². The largest absolute Gasteiger partial charge is 0.308 e. The van der Waals surface area contributed by atoms with E-state index in [4.69, 9.17) is 0 Å². The van der Waals surface area contributed by atoms with E-state index < -0.39 is 0 Å². The highest BCUT2D eigenvalue weighted by Crippen LogP contribution is 2.21. The van der Waals surface area contributed by atoms with E-state index in [2.05, 4.69) is 53.4 Å². The summed E-state index contributed by atoms with van der Waals surface area (Å²) in [7, 11) is 1.96. The van der Waals surface area contributed by atoms with Gasteiger partial charge < -0.3 is 5.32 Å². The van der Waals surface area contributed by atoms with Gasteiger partial charge >= 0.3 is 0 Å². The van der Waals surface area contributed by atoms with E-state index in [9.17, 15) is 0 Å². The highest BCUT2D eigenvalue weighted by Gasteiger charge is 2.14. The first-order chi connectivity index (χ1) is 9.60. The van der Waals surface area contributed by atoms with E-state index in [0.29, 0.717) is 5.92 Å². The van der Waals surface area contributed by atoms with E-state index in [1.165, 1.54) is 11.1 Å². The summed E-state index contributed by atoms with van der Waals surface area (Å²) in [6.45, 7) is 6.44. The van der Waals surface area contributed by atoms with Crippen molar-refractivity contribution < 1.29 is 0 Å². The second-order valence-electron chi connectivity index (χ2n) is 5.65. The van der Waals surface area contributed by atoms with Crippen molar-refractivity contribution >= 4 is 0 Å². The molecule has 0 aliphatic heterocycles. The molecule has 0 bridgehead atoms. The third kappa shape index (κ3) is 3.64. The molecular formula is C17H23N3. The molecule has 106 valence electrons. The van der Waals surface area contributed by atoms with Crippen LogP contribution in [0.3, 0.4) is 0 Å². The summed E-state index contributed by atoms with van der Waals surface area (Å²) >= 11 is 0. The molecular weight excluding hydrogens is 246 g/mol. The molecule has 1 N–H and O–H groups in total. The zero-order valence-electron chi connectivity index (χ0n) is 12.7. The van der Waals surface area contributed by atoms with Crippen molar-refractivity contribution in [2.75, 3.05) is 7.05 Å². The summed E-state index contributed by atoms with van der Waals surface area (Å²) in [5, 5.41) is 3.33. The standard InChI is InChI=1S/C17H23N3/c1-12(2)8-14-6-5-7-15(9-14)17(18-4)16-11-19-13(3)10-20-16/h5-7,9-12,17-18H,8H2,1-4H3. The first-order valence-corrected chi connectivity index (χ1v) is 7.14. The maximum atomic E-state index is 4.49. The Morgan fingerprint density at radius 1 is 1.15 bits per heavy atom. The van der Waals surface area contributed by atoms with Crippen LogP contribution in [0.25, 0.3) is 0 Å². The smallest absolute Gasteiger partial charge is 0.0801 e. The molecule has 20 heavy (non-hydrogen) atoms. The third-order valence-electron chi connectivity index (χ3n) is 3.31. The Morgan fingerprint density at radius 2 is 1.95 bits per heavy atom. The quantitative estimate of drug-likeness (QED) is 0.905. The Labute approximate surface area is 121 Å². The zero-order chi connectivity index (χ0) is 14.5. The highest BCUT2D eigenvalue weighted by atomic mass is 14.9. The van der Waals surface area contributed by atoms with Gasteiger partial charge in [-0.3, -0.25) is 9.97 Å². The zero-order valence-corrected chi connectivity index (χ0v) is 12.7. The van der Waals surface area contributed by atoms with Crippen LogP contribution in [0.15, 0.2) is 36.7 Å². The van der Waals surface area contributed by atoms with Crippen LogP contribution in [0, 0.1) is 12.8 Å². The molecule has 0 fully saturated rings. The second-order valence-corrected chi connectivity index (χ2v) is 5.65. The highest BCUT2D eigenvalue weighted by molar-refractivity contribution is 5.31. The summed E-state index contributed by atoms with van der Waals surface area (Å²) < 4.78 is 0.